The normalized spacial score (nSPS) is 23.6. The Kier molecular flexibility index (Phi) is 6.66. The van der Waals surface area contributed by atoms with Crippen LogP contribution in [0, 0.1) is 13.8 Å². The van der Waals surface area contributed by atoms with Crippen molar-refractivity contribution >= 4 is 18.4 Å². The molecule has 6 nitrogen and oxygen atoms in total. The van der Waals surface area contributed by atoms with E-state index in [1.807, 2.05) is 13.8 Å². The summed E-state index contributed by atoms with van der Waals surface area (Å²) in [6.45, 7) is 9.67. The number of esters is 1. The molecular weight excluding hydrogens is 328 g/mol. The van der Waals surface area contributed by atoms with Crippen LogP contribution in [-0.2, 0) is 22.6 Å². The summed E-state index contributed by atoms with van der Waals surface area (Å²) in [7, 11) is 0. The predicted octanol–water partition coefficient (Wildman–Crippen LogP) is 1.81. The Bertz CT molecular complexity index is 563. The molecule has 24 heavy (non-hydrogen) atoms. The van der Waals surface area contributed by atoms with Gasteiger partial charge in [-0.1, -0.05) is 6.42 Å². The number of nitrogens with zero attached hydrogens (tertiary/aromatic N) is 3. The summed E-state index contributed by atoms with van der Waals surface area (Å²) in [5.74, 6) is -0.221. The Morgan fingerprint density at radius 1 is 1.29 bits per heavy atom. The number of hydrogen-bond acceptors (Lipinski definition) is 5. The van der Waals surface area contributed by atoms with Crippen molar-refractivity contribution in [2.45, 2.75) is 65.2 Å². The van der Waals surface area contributed by atoms with Crippen LogP contribution in [0.2, 0.25) is 0 Å². The first-order valence-electron chi connectivity index (χ1n) is 8.73. The maximum atomic E-state index is 11.7. The summed E-state index contributed by atoms with van der Waals surface area (Å²) in [6.07, 6.45) is 3.92. The zero-order valence-electron chi connectivity index (χ0n) is 14.9. The number of likely N-dealkylation sites (tertiary alicyclic amines) is 1. The molecule has 2 atom stereocenters. The lowest BCUT2D eigenvalue weighted by Gasteiger charge is -2.42. The molecule has 0 saturated carbocycles. The molecule has 2 unspecified atom stereocenters. The SMILES string of the molecule is CCOC(=O)Cn1nc(C)c(CN2CC3CCCC(C2)N3)c1C.Cl. The highest BCUT2D eigenvalue weighted by atomic mass is 35.5. The van der Waals surface area contributed by atoms with Crippen LogP contribution in [0.4, 0.5) is 0 Å². The van der Waals surface area contributed by atoms with Gasteiger partial charge in [-0.3, -0.25) is 14.4 Å². The zero-order chi connectivity index (χ0) is 16.4. The highest BCUT2D eigenvalue weighted by molar-refractivity contribution is 5.85. The van der Waals surface area contributed by atoms with Gasteiger partial charge in [-0.2, -0.15) is 5.10 Å². The molecule has 3 rings (SSSR count). The fourth-order valence-electron chi connectivity index (χ4n) is 3.89. The molecule has 0 aromatic carbocycles. The van der Waals surface area contributed by atoms with E-state index >= 15 is 0 Å². The predicted molar refractivity (Wildman–Crippen MR) is 95.4 cm³/mol. The van der Waals surface area contributed by atoms with E-state index in [1.54, 1.807) is 4.68 Å². The highest BCUT2D eigenvalue weighted by Gasteiger charge is 2.30. The molecule has 1 N–H and O–H groups in total. The van der Waals surface area contributed by atoms with Crippen LogP contribution in [-0.4, -0.2) is 52.4 Å². The number of halogens is 1. The summed E-state index contributed by atoms with van der Waals surface area (Å²) in [5, 5.41) is 8.26. The van der Waals surface area contributed by atoms with Crippen LogP contribution in [0.3, 0.4) is 0 Å². The highest BCUT2D eigenvalue weighted by Crippen LogP contribution is 2.23. The van der Waals surface area contributed by atoms with E-state index in [9.17, 15) is 4.79 Å². The van der Waals surface area contributed by atoms with Gasteiger partial charge in [-0.05, 0) is 33.6 Å². The number of ether oxygens (including phenoxy) is 1. The van der Waals surface area contributed by atoms with Crippen LogP contribution in [0.25, 0.3) is 0 Å². The summed E-state index contributed by atoms with van der Waals surface area (Å²) >= 11 is 0. The largest absolute Gasteiger partial charge is 0.465 e. The fraction of sp³-hybridized carbons (Fsp3) is 0.765. The minimum Gasteiger partial charge on any atom is -0.465 e. The number of piperidine rings is 1. The van der Waals surface area contributed by atoms with E-state index in [1.165, 1.54) is 24.8 Å². The molecule has 2 aliphatic rings. The van der Waals surface area contributed by atoms with Crippen LogP contribution in [0.1, 0.15) is 43.1 Å². The van der Waals surface area contributed by atoms with E-state index in [2.05, 4.69) is 22.2 Å². The Labute approximate surface area is 150 Å². The summed E-state index contributed by atoms with van der Waals surface area (Å²) in [5.41, 5.74) is 3.36. The number of fused-ring (bicyclic) bond motifs is 2. The maximum absolute atomic E-state index is 11.7. The molecule has 7 heteroatoms. The van der Waals surface area contributed by atoms with Gasteiger partial charge in [0.2, 0.25) is 0 Å². The van der Waals surface area contributed by atoms with E-state index in [-0.39, 0.29) is 24.9 Å². The van der Waals surface area contributed by atoms with E-state index in [4.69, 9.17) is 4.74 Å². The number of carbonyl (C=O) groups is 1. The van der Waals surface area contributed by atoms with Crippen LogP contribution in [0.15, 0.2) is 0 Å². The quantitative estimate of drug-likeness (QED) is 0.815. The molecule has 1 aromatic heterocycles. The van der Waals surface area contributed by atoms with Gasteiger partial charge in [0.15, 0.2) is 0 Å². The molecule has 3 heterocycles. The zero-order valence-corrected chi connectivity index (χ0v) is 15.7. The molecule has 136 valence electrons. The van der Waals surface area contributed by atoms with Gasteiger partial charge in [0.1, 0.15) is 6.54 Å². The molecule has 2 fully saturated rings. The number of rotatable bonds is 5. The lowest BCUT2D eigenvalue weighted by Crippen LogP contribution is -2.58. The smallest absolute Gasteiger partial charge is 0.327 e. The summed E-state index contributed by atoms with van der Waals surface area (Å²) < 4.78 is 6.82. The lowest BCUT2D eigenvalue weighted by atomic mass is 9.94. The molecule has 0 spiro atoms. The monoisotopic (exact) mass is 356 g/mol. The van der Waals surface area contributed by atoms with Crippen molar-refractivity contribution in [3.8, 4) is 0 Å². The Morgan fingerprint density at radius 3 is 2.58 bits per heavy atom. The summed E-state index contributed by atoms with van der Waals surface area (Å²) in [6, 6.07) is 1.27. The second-order valence-corrected chi connectivity index (χ2v) is 6.80. The van der Waals surface area contributed by atoms with Crippen molar-refractivity contribution in [1.29, 1.82) is 0 Å². The van der Waals surface area contributed by atoms with Crippen molar-refractivity contribution in [1.82, 2.24) is 20.0 Å². The Morgan fingerprint density at radius 2 is 1.96 bits per heavy atom. The number of piperazine rings is 1. The first-order valence-corrected chi connectivity index (χ1v) is 8.73. The van der Waals surface area contributed by atoms with Crippen LogP contribution >= 0.6 is 12.4 Å². The average molecular weight is 357 g/mol. The molecule has 2 saturated heterocycles. The number of aromatic nitrogens is 2. The van der Waals surface area contributed by atoms with Gasteiger partial charge in [0.05, 0.1) is 12.3 Å². The summed E-state index contributed by atoms with van der Waals surface area (Å²) in [4.78, 5) is 14.2. The number of nitrogens with one attached hydrogen (secondary N) is 1. The number of carbonyl (C=O) groups excluding carboxylic acids is 1. The van der Waals surface area contributed by atoms with Crippen molar-refractivity contribution in [2.75, 3.05) is 19.7 Å². The second-order valence-electron chi connectivity index (χ2n) is 6.80. The Balaban J connectivity index is 0.00000208. The molecule has 0 amide bonds. The molecule has 2 bridgehead atoms. The van der Waals surface area contributed by atoms with E-state index in [0.717, 1.165) is 31.0 Å². The minimum absolute atomic E-state index is 0. The Hall–Kier alpha value is -1.11. The molecule has 0 aliphatic carbocycles. The molecule has 0 radical (unpaired) electrons. The van der Waals surface area contributed by atoms with Gasteiger partial charge < -0.3 is 10.1 Å². The molecule has 2 aliphatic heterocycles. The average Bonchev–Trinajstić information content (AvgIpc) is 2.75. The lowest BCUT2D eigenvalue weighted by molar-refractivity contribution is -0.144. The van der Waals surface area contributed by atoms with Crippen molar-refractivity contribution in [3.63, 3.8) is 0 Å². The van der Waals surface area contributed by atoms with Crippen LogP contribution < -0.4 is 5.32 Å². The maximum Gasteiger partial charge on any atom is 0.327 e. The van der Waals surface area contributed by atoms with E-state index in [0.29, 0.717) is 18.7 Å². The third-order valence-corrected chi connectivity index (χ3v) is 5.03. The van der Waals surface area contributed by atoms with Gasteiger partial charge in [0.25, 0.3) is 0 Å². The third kappa shape index (κ3) is 4.29. The minimum atomic E-state index is -0.221. The van der Waals surface area contributed by atoms with Crippen molar-refractivity contribution in [2.24, 2.45) is 0 Å². The van der Waals surface area contributed by atoms with Crippen molar-refractivity contribution in [3.05, 3.63) is 17.0 Å². The molecular formula is C17H29ClN4O2. The molecule has 1 aromatic rings. The number of aryl methyl sites for hydroxylation is 1. The first-order chi connectivity index (χ1) is 11.1. The standard InChI is InChI=1S/C17H28N4O2.ClH/c1-4-23-17(22)11-21-13(3)16(12(2)19-21)10-20-8-14-6-5-7-15(9-20)18-14;/h14-15,18H,4-11H2,1-3H3;1H. The van der Waals surface area contributed by atoms with E-state index < -0.39 is 0 Å². The van der Waals surface area contributed by atoms with Crippen molar-refractivity contribution < 1.29 is 9.53 Å². The van der Waals surface area contributed by atoms with Gasteiger partial charge in [0, 0.05) is 43.0 Å². The topological polar surface area (TPSA) is 59.4 Å². The first kappa shape index (κ1) is 19.2. The van der Waals surface area contributed by atoms with Gasteiger partial charge in [-0.15, -0.1) is 12.4 Å². The second kappa shape index (κ2) is 8.32. The van der Waals surface area contributed by atoms with Gasteiger partial charge >= 0.3 is 5.97 Å². The third-order valence-electron chi connectivity index (χ3n) is 5.03. The number of hydrogen-bond donors (Lipinski definition) is 1. The fourth-order valence-corrected chi connectivity index (χ4v) is 3.89. The van der Waals surface area contributed by atoms with Gasteiger partial charge in [-0.25, -0.2) is 0 Å². The van der Waals surface area contributed by atoms with Crippen LogP contribution in [0.5, 0.6) is 0 Å².